The predicted octanol–water partition coefficient (Wildman–Crippen LogP) is 0.346. The summed E-state index contributed by atoms with van der Waals surface area (Å²) >= 11 is 0. The van der Waals surface area contributed by atoms with E-state index in [4.69, 9.17) is 21.6 Å². The van der Waals surface area contributed by atoms with Gasteiger partial charge in [-0.3, -0.25) is 0 Å². The molecule has 64 valence electrons. The van der Waals surface area contributed by atoms with Crippen molar-refractivity contribution in [3.05, 3.63) is 0 Å². The van der Waals surface area contributed by atoms with Crippen molar-refractivity contribution < 1.29 is 9.47 Å². The third kappa shape index (κ3) is 3.99. The van der Waals surface area contributed by atoms with Gasteiger partial charge in [-0.05, 0) is 13.8 Å². The zero-order chi connectivity index (χ0) is 8.69. The molecule has 1 atom stereocenters. The van der Waals surface area contributed by atoms with Crippen LogP contribution in [0.1, 0.15) is 13.8 Å². The average Bonchev–Trinajstić information content (AvgIpc) is 2.03. The molecule has 0 aromatic heterocycles. The fourth-order valence-electron chi connectivity index (χ4n) is 0.663. The summed E-state index contributed by atoms with van der Waals surface area (Å²) in [4.78, 5) is 0. The Balaban J connectivity index is 3.78. The van der Waals surface area contributed by atoms with Gasteiger partial charge in [0.05, 0.1) is 0 Å². The standard InChI is InChI=1S/C8H15NO2/c1-4-7(9)8(10-5-2)11-6-3/h1,7-8H,5-6,9H2,2-3H3. The first-order valence-electron chi connectivity index (χ1n) is 3.71. The molecule has 11 heavy (non-hydrogen) atoms. The number of nitrogens with two attached hydrogens (primary N) is 1. The molecule has 0 saturated carbocycles. The van der Waals surface area contributed by atoms with Gasteiger partial charge in [-0.25, -0.2) is 0 Å². The summed E-state index contributed by atoms with van der Waals surface area (Å²) in [5.41, 5.74) is 5.50. The van der Waals surface area contributed by atoms with E-state index in [2.05, 4.69) is 5.92 Å². The lowest BCUT2D eigenvalue weighted by molar-refractivity contribution is -0.139. The quantitative estimate of drug-likeness (QED) is 0.462. The molecular formula is C8H15NO2. The summed E-state index contributed by atoms with van der Waals surface area (Å²) in [6, 6.07) is -0.477. The Morgan fingerprint density at radius 3 is 2.09 bits per heavy atom. The van der Waals surface area contributed by atoms with Crippen LogP contribution in [0, 0.1) is 12.3 Å². The van der Waals surface area contributed by atoms with Gasteiger partial charge in [0, 0.05) is 13.2 Å². The van der Waals surface area contributed by atoms with E-state index in [1.54, 1.807) is 0 Å². The molecule has 0 amide bonds. The number of terminal acetylenes is 1. The third-order valence-corrected chi connectivity index (χ3v) is 1.15. The van der Waals surface area contributed by atoms with Gasteiger partial charge in [-0.1, -0.05) is 5.92 Å². The Hall–Kier alpha value is -0.560. The maximum Gasteiger partial charge on any atom is 0.183 e. The highest BCUT2D eigenvalue weighted by Crippen LogP contribution is 1.98. The molecule has 0 aliphatic heterocycles. The molecule has 0 radical (unpaired) electrons. The first-order valence-corrected chi connectivity index (χ1v) is 3.71. The molecule has 0 spiro atoms. The van der Waals surface area contributed by atoms with Crippen molar-refractivity contribution in [3.8, 4) is 12.3 Å². The number of rotatable bonds is 5. The third-order valence-electron chi connectivity index (χ3n) is 1.15. The molecular weight excluding hydrogens is 142 g/mol. The van der Waals surface area contributed by atoms with Gasteiger partial charge < -0.3 is 15.2 Å². The molecule has 0 fully saturated rings. The van der Waals surface area contributed by atoms with E-state index in [0.717, 1.165) is 0 Å². The van der Waals surface area contributed by atoms with Gasteiger partial charge in [-0.15, -0.1) is 6.42 Å². The van der Waals surface area contributed by atoms with E-state index >= 15 is 0 Å². The average molecular weight is 157 g/mol. The minimum Gasteiger partial charge on any atom is -0.350 e. The Morgan fingerprint density at radius 2 is 1.82 bits per heavy atom. The molecule has 0 aliphatic rings. The molecule has 0 rings (SSSR count). The van der Waals surface area contributed by atoms with Crippen LogP contribution < -0.4 is 5.73 Å². The highest BCUT2D eigenvalue weighted by Gasteiger charge is 2.14. The summed E-state index contributed by atoms with van der Waals surface area (Å²) in [7, 11) is 0. The molecule has 3 heteroatoms. The predicted molar refractivity (Wildman–Crippen MR) is 43.8 cm³/mol. The smallest absolute Gasteiger partial charge is 0.183 e. The van der Waals surface area contributed by atoms with Crippen LogP contribution in [0.5, 0.6) is 0 Å². The highest BCUT2D eigenvalue weighted by atomic mass is 16.7. The fourth-order valence-corrected chi connectivity index (χ4v) is 0.663. The van der Waals surface area contributed by atoms with Crippen molar-refractivity contribution in [1.82, 2.24) is 0 Å². The minimum absolute atomic E-state index is 0.463. The summed E-state index contributed by atoms with van der Waals surface area (Å²) in [5.74, 6) is 2.36. The van der Waals surface area contributed by atoms with Crippen LogP contribution in [0.25, 0.3) is 0 Å². The van der Waals surface area contributed by atoms with Crippen LogP contribution in [-0.4, -0.2) is 25.5 Å². The van der Waals surface area contributed by atoms with Crippen LogP contribution in [0.3, 0.4) is 0 Å². The lowest BCUT2D eigenvalue weighted by Crippen LogP contribution is -2.37. The van der Waals surface area contributed by atoms with E-state index in [-0.39, 0.29) is 0 Å². The van der Waals surface area contributed by atoms with Gasteiger partial charge in [0.1, 0.15) is 6.04 Å². The van der Waals surface area contributed by atoms with E-state index in [1.165, 1.54) is 0 Å². The van der Waals surface area contributed by atoms with Gasteiger partial charge in [-0.2, -0.15) is 0 Å². The molecule has 0 aliphatic carbocycles. The Labute approximate surface area is 67.9 Å². The second-order valence-electron chi connectivity index (χ2n) is 1.97. The summed E-state index contributed by atoms with van der Waals surface area (Å²) in [6.07, 6.45) is 4.64. The normalized spacial score (nSPS) is 13.0. The van der Waals surface area contributed by atoms with Gasteiger partial charge in [0.15, 0.2) is 6.29 Å². The van der Waals surface area contributed by atoms with Crippen LogP contribution in [0.15, 0.2) is 0 Å². The van der Waals surface area contributed by atoms with Gasteiger partial charge in [0.2, 0.25) is 0 Å². The SMILES string of the molecule is C#CC(N)C(OCC)OCC. The molecule has 0 aromatic rings. The van der Waals surface area contributed by atoms with E-state index < -0.39 is 12.3 Å². The molecule has 0 aromatic carbocycles. The largest absolute Gasteiger partial charge is 0.350 e. The van der Waals surface area contributed by atoms with Crippen molar-refractivity contribution >= 4 is 0 Å². The van der Waals surface area contributed by atoms with E-state index in [9.17, 15) is 0 Å². The number of ether oxygens (including phenoxy) is 2. The molecule has 0 bridgehead atoms. The zero-order valence-electron chi connectivity index (χ0n) is 7.04. The molecule has 2 N–H and O–H groups in total. The lowest BCUT2D eigenvalue weighted by atomic mass is 10.3. The van der Waals surface area contributed by atoms with Crippen LogP contribution in [-0.2, 0) is 9.47 Å². The maximum atomic E-state index is 5.50. The van der Waals surface area contributed by atoms with Gasteiger partial charge >= 0.3 is 0 Å². The van der Waals surface area contributed by atoms with Crippen LogP contribution in [0.4, 0.5) is 0 Å². The van der Waals surface area contributed by atoms with E-state index in [1.807, 2.05) is 13.8 Å². The minimum atomic E-state index is -0.477. The number of hydrogen-bond acceptors (Lipinski definition) is 3. The van der Waals surface area contributed by atoms with Gasteiger partial charge in [0.25, 0.3) is 0 Å². The zero-order valence-corrected chi connectivity index (χ0v) is 7.04. The van der Waals surface area contributed by atoms with Crippen LogP contribution >= 0.6 is 0 Å². The van der Waals surface area contributed by atoms with E-state index in [0.29, 0.717) is 13.2 Å². The lowest BCUT2D eigenvalue weighted by Gasteiger charge is -2.19. The molecule has 0 saturated heterocycles. The topological polar surface area (TPSA) is 44.5 Å². The first kappa shape index (κ1) is 10.4. The summed E-state index contributed by atoms with van der Waals surface area (Å²) < 4.78 is 10.3. The maximum absolute atomic E-state index is 5.50. The molecule has 0 heterocycles. The summed E-state index contributed by atoms with van der Waals surface area (Å²) in [5, 5.41) is 0. The Morgan fingerprint density at radius 1 is 1.36 bits per heavy atom. The highest BCUT2D eigenvalue weighted by molar-refractivity contribution is 4.98. The monoisotopic (exact) mass is 157 g/mol. The van der Waals surface area contributed by atoms with Crippen molar-refractivity contribution in [1.29, 1.82) is 0 Å². The molecule has 3 nitrogen and oxygen atoms in total. The summed E-state index contributed by atoms with van der Waals surface area (Å²) in [6.45, 7) is 4.85. The Kier molecular flexibility index (Phi) is 5.86. The number of hydrogen-bond donors (Lipinski definition) is 1. The van der Waals surface area contributed by atoms with Crippen molar-refractivity contribution in [3.63, 3.8) is 0 Å². The van der Waals surface area contributed by atoms with Crippen molar-refractivity contribution in [2.24, 2.45) is 5.73 Å². The second kappa shape index (κ2) is 6.17. The molecule has 1 unspecified atom stereocenters. The van der Waals surface area contributed by atoms with Crippen molar-refractivity contribution in [2.75, 3.05) is 13.2 Å². The second-order valence-corrected chi connectivity index (χ2v) is 1.97. The van der Waals surface area contributed by atoms with Crippen molar-refractivity contribution in [2.45, 2.75) is 26.2 Å². The Bertz CT molecular complexity index is 125. The first-order chi connectivity index (χ1) is 5.26. The fraction of sp³-hybridized carbons (Fsp3) is 0.750. The van der Waals surface area contributed by atoms with Crippen LogP contribution in [0.2, 0.25) is 0 Å².